The third-order valence-corrected chi connectivity index (χ3v) is 4.20. The van der Waals surface area contributed by atoms with Gasteiger partial charge in [0.2, 0.25) is 0 Å². The molecule has 1 aromatic carbocycles. The fraction of sp³-hybridized carbons (Fsp3) is 0.667. The lowest BCUT2D eigenvalue weighted by molar-refractivity contribution is 0.0411. The number of hydrogen-bond donors (Lipinski definition) is 1. The van der Waals surface area contributed by atoms with Gasteiger partial charge >= 0.3 is 0 Å². The van der Waals surface area contributed by atoms with Crippen molar-refractivity contribution in [1.82, 2.24) is 10.2 Å². The van der Waals surface area contributed by atoms with Crippen molar-refractivity contribution < 1.29 is 4.74 Å². The van der Waals surface area contributed by atoms with Gasteiger partial charge in [0.25, 0.3) is 0 Å². The van der Waals surface area contributed by atoms with Crippen LogP contribution >= 0.6 is 0 Å². The summed E-state index contributed by atoms with van der Waals surface area (Å²) in [7, 11) is 2.23. The summed E-state index contributed by atoms with van der Waals surface area (Å²) in [6.45, 7) is 8.34. The fourth-order valence-electron chi connectivity index (χ4n) is 3.10. The molecule has 0 spiro atoms. The highest BCUT2D eigenvalue weighted by atomic mass is 16.5. The Kier molecular flexibility index (Phi) is 7.20. The van der Waals surface area contributed by atoms with Crippen molar-refractivity contribution in [2.45, 2.75) is 32.7 Å². The highest BCUT2D eigenvalue weighted by Gasteiger charge is 2.16. The molecule has 1 aliphatic rings. The van der Waals surface area contributed by atoms with Crippen LogP contribution in [0.25, 0.3) is 0 Å². The van der Waals surface area contributed by atoms with E-state index in [2.05, 4.69) is 48.5 Å². The smallest absolute Gasteiger partial charge is 0.0506 e. The Morgan fingerprint density at radius 3 is 2.81 bits per heavy atom. The van der Waals surface area contributed by atoms with E-state index in [1.165, 1.54) is 24.0 Å². The van der Waals surface area contributed by atoms with Crippen LogP contribution in [0.1, 0.15) is 30.9 Å². The fourth-order valence-corrected chi connectivity index (χ4v) is 3.10. The summed E-state index contributed by atoms with van der Waals surface area (Å²) in [6, 6.07) is 8.85. The first-order valence-electron chi connectivity index (χ1n) is 8.33. The molecule has 1 heterocycles. The van der Waals surface area contributed by atoms with Gasteiger partial charge in [-0.05, 0) is 56.4 Å². The van der Waals surface area contributed by atoms with E-state index in [0.29, 0.717) is 5.92 Å². The van der Waals surface area contributed by atoms with Gasteiger partial charge in [-0.15, -0.1) is 0 Å². The van der Waals surface area contributed by atoms with Crippen LogP contribution in [0.15, 0.2) is 24.3 Å². The minimum absolute atomic E-state index is 0.706. The quantitative estimate of drug-likeness (QED) is 0.745. The molecule has 0 aromatic heterocycles. The maximum atomic E-state index is 5.59. The Morgan fingerprint density at radius 1 is 1.29 bits per heavy atom. The first-order chi connectivity index (χ1) is 10.3. The largest absolute Gasteiger partial charge is 0.381 e. The summed E-state index contributed by atoms with van der Waals surface area (Å²) in [6.07, 6.45) is 3.65. The van der Waals surface area contributed by atoms with Gasteiger partial charge < -0.3 is 15.0 Å². The zero-order chi connectivity index (χ0) is 14.9. The second-order valence-electron chi connectivity index (χ2n) is 6.15. The summed E-state index contributed by atoms with van der Waals surface area (Å²) in [5.74, 6) is 0.706. The maximum absolute atomic E-state index is 5.59. The van der Waals surface area contributed by atoms with E-state index in [1.54, 1.807) is 0 Å². The van der Waals surface area contributed by atoms with Gasteiger partial charge in [-0.25, -0.2) is 0 Å². The van der Waals surface area contributed by atoms with Gasteiger partial charge in [0, 0.05) is 19.7 Å². The highest BCUT2D eigenvalue weighted by Crippen LogP contribution is 2.17. The topological polar surface area (TPSA) is 24.5 Å². The molecular weight excluding hydrogens is 260 g/mol. The molecule has 1 aromatic rings. The van der Waals surface area contributed by atoms with Gasteiger partial charge in [0.05, 0.1) is 6.61 Å². The predicted octanol–water partition coefficient (Wildman–Crippen LogP) is 2.70. The standard InChI is InChI=1S/C18H30N2O/c1-3-19-11-10-17-8-4-5-9-18(17)14-20(2)13-16-7-6-12-21-15-16/h4-5,8-9,16,19H,3,6-7,10-15H2,1-2H3. The van der Waals surface area contributed by atoms with Gasteiger partial charge in [-0.2, -0.15) is 0 Å². The minimum Gasteiger partial charge on any atom is -0.381 e. The molecule has 1 N–H and O–H groups in total. The SMILES string of the molecule is CCNCCc1ccccc1CN(C)CC1CCCOC1. The molecule has 1 aliphatic heterocycles. The molecule has 0 aliphatic carbocycles. The molecule has 3 nitrogen and oxygen atoms in total. The lowest BCUT2D eigenvalue weighted by Gasteiger charge is -2.27. The van der Waals surface area contributed by atoms with E-state index in [9.17, 15) is 0 Å². The van der Waals surface area contributed by atoms with Crippen molar-refractivity contribution in [2.24, 2.45) is 5.92 Å². The monoisotopic (exact) mass is 290 g/mol. The molecular formula is C18H30N2O. The van der Waals surface area contributed by atoms with Gasteiger partial charge in [-0.3, -0.25) is 0 Å². The van der Waals surface area contributed by atoms with Crippen molar-refractivity contribution >= 4 is 0 Å². The summed E-state index contributed by atoms with van der Waals surface area (Å²) < 4.78 is 5.59. The van der Waals surface area contributed by atoms with Crippen LogP contribution in [-0.2, 0) is 17.7 Å². The number of benzene rings is 1. The molecule has 1 saturated heterocycles. The number of hydrogen-bond acceptors (Lipinski definition) is 3. The second kappa shape index (κ2) is 9.19. The Hall–Kier alpha value is -0.900. The van der Waals surface area contributed by atoms with E-state index < -0.39 is 0 Å². The third-order valence-electron chi connectivity index (χ3n) is 4.20. The first-order valence-corrected chi connectivity index (χ1v) is 8.33. The Balaban J connectivity index is 1.85. The van der Waals surface area contributed by atoms with E-state index in [1.807, 2.05) is 0 Å². The van der Waals surface area contributed by atoms with Crippen molar-refractivity contribution in [3.8, 4) is 0 Å². The normalized spacial score (nSPS) is 19.1. The van der Waals surface area contributed by atoms with E-state index >= 15 is 0 Å². The van der Waals surface area contributed by atoms with Crippen LogP contribution in [0.3, 0.4) is 0 Å². The number of ether oxygens (including phenoxy) is 1. The molecule has 0 saturated carbocycles. The number of likely N-dealkylation sites (N-methyl/N-ethyl adjacent to an activating group) is 1. The van der Waals surface area contributed by atoms with Crippen molar-refractivity contribution in [1.29, 1.82) is 0 Å². The number of nitrogens with one attached hydrogen (secondary N) is 1. The lowest BCUT2D eigenvalue weighted by atomic mass is 10.0. The van der Waals surface area contributed by atoms with Crippen LogP contribution < -0.4 is 5.32 Å². The highest BCUT2D eigenvalue weighted by molar-refractivity contribution is 5.27. The summed E-state index contributed by atoms with van der Waals surface area (Å²) in [5, 5.41) is 3.41. The molecule has 0 radical (unpaired) electrons. The first kappa shape index (κ1) is 16.5. The zero-order valence-corrected chi connectivity index (χ0v) is 13.6. The predicted molar refractivity (Wildman–Crippen MR) is 88.6 cm³/mol. The Labute approximate surface area is 129 Å². The third kappa shape index (κ3) is 5.77. The van der Waals surface area contributed by atoms with Crippen LogP contribution in [-0.4, -0.2) is 44.8 Å². The van der Waals surface area contributed by atoms with Crippen LogP contribution in [0.2, 0.25) is 0 Å². The molecule has 3 heteroatoms. The van der Waals surface area contributed by atoms with Gasteiger partial charge in [0.1, 0.15) is 0 Å². The molecule has 118 valence electrons. The molecule has 0 bridgehead atoms. The molecule has 21 heavy (non-hydrogen) atoms. The summed E-state index contributed by atoms with van der Waals surface area (Å²) in [4.78, 5) is 2.45. The maximum Gasteiger partial charge on any atom is 0.0506 e. The summed E-state index contributed by atoms with van der Waals surface area (Å²) in [5.41, 5.74) is 2.94. The molecule has 1 unspecified atom stereocenters. The molecule has 0 amide bonds. The average Bonchev–Trinajstić information content (AvgIpc) is 2.50. The zero-order valence-electron chi connectivity index (χ0n) is 13.6. The van der Waals surface area contributed by atoms with E-state index in [-0.39, 0.29) is 0 Å². The molecule has 2 rings (SSSR count). The van der Waals surface area contributed by atoms with Gasteiger partial charge in [-0.1, -0.05) is 31.2 Å². The average molecular weight is 290 g/mol. The summed E-state index contributed by atoms with van der Waals surface area (Å²) >= 11 is 0. The Bertz CT molecular complexity index is 402. The Morgan fingerprint density at radius 2 is 2.10 bits per heavy atom. The molecule has 1 fully saturated rings. The minimum atomic E-state index is 0.706. The van der Waals surface area contributed by atoms with Crippen LogP contribution in [0.5, 0.6) is 0 Å². The number of rotatable bonds is 8. The number of nitrogens with zero attached hydrogens (tertiary/aromatic N) is 1. The van der Waals surface area contributed by atoms with Crippen molar-refractivity contribution in [3.05, 3.63) is 35.4 Å². The van der Waals surface area contributed by atoms with E-state index in [0.717, 1.165) is 45.8 Å². The van der Waals surface area contributed by atoms with Crippen LogP contribution in [0, 0.1) is 5.92 Å². The second-order valence-corrected chi connectivity index (χ2v) is 6.15. The van der Waals surface area contributed by atoms with Gasteiger partial charge in [0.15, 0.2) is 0 Å². The van der Waals surface area contributed by atoms with Crippen LogP contribution in [0.4, 0.5) is 0 Å². The van der Waals surface area contributed by atoms with Crippen molar-refractivity contribution in [2.75, 3.05) is 39.9 Å². The van der Waals surface area contributed by atoms with E-state index in [4.69, 9.17) is 4.74 Å². The lowest BCUT2D eigenvalue weighted by Crippen LogP contribution is -2.31. The molecule has 1 atom stereocenters. The van der Waals surface area contributed by atoms with Crippen molar-refractivity contribution in [3.63, 3.8) is 0 Å².